The average Bonchev–Trinajstić information content (AvgIpc) is 2.68. The lowest BCUT2D eigenvalue weighted by Gasteiger charge is -2.36. The van der Waals surface area contributed by atoms with E-state index in [1.54, 1.807) is 0 Å². The van der Waals surface area contributed by atoms with Crippen LogP contribution in [0.4, 0.5) is 0 Å². The van der Waals surface area contributed by atoms with E-state index in [1.807, 2.05) is 0 Å². The Morgan fingerprint density at radius 1 is 1.21 bits per heavy atom. The van der Waals surface area contributed by atoms with Crippen LogP contribution in [0.5, 0.6) is 0 Å². The van der Waals surface area contributed by atoms with Gasteiger partial charge in [-0.2, -0.15) is 0 Å². The van der Waals surface area contributed by atoms with Crippen LogP contribution < -0.4 is 0 Å². The highest BCUT2D eigenvalue weighted by Gasteiger charge is 2.31. The van der Waals surface area contributed by atoms with E-state index < -0.39 is 0 Å². The number of aliphatic hydroxyl groups excluding tert-OH is 1. The smallest absolute Gasteiger partial charge is 0.0807 e. The number of nitrogens with zero attached hydrogens (tertiary/aromatic N) is 1. The molecule has 0 aromatic carbocycles. The first-order valence-electron chi connectivity index (χ1n) is 7.96. The second-order valence-electron chi connectivity index (χ2n) is 6.93. The molecule has 1 aromatic rings. The van der Waals surface area contributed by atoms with Gasteiger partial charge in [-0.05, 0) is 63.4 Å². The Kier molecular flexibility index (Phi) is 3.46. The number of rotatable bonds is 1. The summed E-state index contributed by atoms with van der Waals surface area (Å²) < 4.78 is 2.58. The lowest BCUT2D eigenvalue weighted by molar-refractivity contribution is 0.152. The second-order valence-corrected chi connectivity index (χ2v) is 6.93. The van der Waals surface area contributed by atoms with E-state index in [9.17, 15) is 5.11 Å². The molecule has 4 atom stereocenters. The molecule has 1 aromatic heterocycles. The zero-order valence-electron chi connectivity index (χ0n) is 12.5. The molecule has 2 heteroatoms. The van der Waals surface area contributed by atoms with Crippen molar-refractivity contribution >= 4 is 0 Å². The minimum Gasteiger partial charge on any atom is -0.388 e. The van der Waals surface area contributed by atoms with Gasteiger partial charge in [0.25, 0.3) is 0 Å². The number of hydrogen-bond acceptors (Lipinski definition) is 1. The Balaban J connectivity index is 1.96. The molecule has 2 nitrogen and oxygen atoms in total. The molecule has 1 saturated carbocycles. The van der Waals surface area contributed by atoms with Gasteiger partial charge in [0.1, 0.15) is 0 Å². The predicted molar refractivity (Wildman–Crippen MR) is 78.3 cm³/mol. The molecule has 0 aliphatic heterocycles. The van der Waals surface area contributed by atoms with Gasteiger partial charge in [-0.25, -0.2) is 0 Å². The molecular formula is C17H27NO. The molecule has 3 rings (SSSR count). The molecule has 2 aliphatic rings. The van der Waals surface area contributed by atoms with Gasteiger partial charge in [0.15, 0.2) is 0 Å². The first-order chi connectivity index (χ1) is 9.08. The van der Waals surface area contributed by atoms with E-state index >= 15 is 0 Å². The maximum Gasteiger partial charge on any atom is 0.0807 e. The highest BCUT2D eigenvalue weighted by molar-refractivity contribution is 5.32. The van der Waals surface area contributed by atoms with E-state index in [4.69, 9.17) is 0 Å². The zero-order valence-corrected chi connectivity index (χ0v) is 12.5. The summed E-state index contributed by atoms with van der Waals surface area (Å²) in [4.78, 5) is 0. The molecule has 0 amide bonds. The third kappa shape index (κ3) is 2.24. The van der Waals surface area contributed by atoms with Gasteiger partial charge >= 0.3 is 0 Å². The fourth-order valence-electron chi connectivity index (χ4n) is 4.40. The van der Waals surface area contributed by atoms with Crippen LogP contribution in [0.15, 0.2) is 6.07 Å². The quantitative estimate of drug-likeness (QED) is 0.806. The first kappa shape index (κ1) is 13.2. The van der Waals surface area contributed by atoms with Crippen LogP contribution in [0.2, 0.25) is 0 Å². The largest absolute Gasteiger partial charge is 0.388 e. The van der Waals surface area contributed by atoms with Crippen molar-refractivity contribution in [2.75, 3.05) is 0 Å². The van der Waals surface area contributed by atoms with Crippen molar-refractivity contribution < 1.29 is 5.11 Å². The molecule has 0 spiro atoms. The highest BCUT2D eigenvalue weighted by atomic mass is 16.3. The summed E-state index contributed by atoms with van der Waals surface area (Å²) in [6.07, 6.45) is 7.01. The van der Waals surface area contributed by atoms with Crippen molar-refractivity contribution in [3.8, 4) is 0 Å². The third-order valence-corrected chi connectivity index (χ3v) is 5.34. The van der Waals surface area contributed by atoms with E-state index in [-0.39, 0.29) is 6.10 Å². The van der Waals surface area contributed by atoms with E-state index in [1.165, 1.54) is 36.2 Å². The topological polar surface area (TPSA) is 25.2 Å². The van der Waals surface area contributed by atoms with Crippen LogP contribution in [0, 0.1) is 18.8 Å². The SMILES string of the molecule is Cc1cc2c(n1C1CCC(C)CC1C)CCCC2O. The van der Waals surface area contributed by atoms with Crippen molar-refractivity contribution in [1.82, 2.24) is 4.57 Å². The molecule has 0 saturated heterocycles. The molecule has 1 fully saturated rings. The minimum absolute atomic E-state index is 0.221. The second kappa shape index (κ2) is 4.97. The number of hydrogen-bond donors (Lipinski definition) is 1. The number of aromatic nitrogens is 1. The molecule has 0 bridgehead atoms. The van der Waals surface area contributed by atoms with Gasteiger partial charge < -0.3 is 9.67 Å². The van der Waals surface area contributed by atoms with E-state index in [0.29, 0.717) is 6.04 Å². The van der Waals surface area contributed by atoms with E-state index in [0.717, 1.165) is 31.1 Å². The van der Waals surface area contributed by atoms with Crippen molar-refractivity contribution in [2.45, 2.75) is 71.4 Å². The predicted octanol–water partition coefficient (Wildman–Crippen LogP) is 4.16. The van der Waals surface area contributed by atoms with Crippen LogP contribution >= 0.6 is 0 Å². The van der Waals surface area contributed by atoms with Gasteiger partial charge in [0.2, 0.25) is 0 Å². The molecule has 1 heterocycles. The fraction of sp³-hybridized carbons (Fsp3) is 0.765. The van der Waals surface area contributed by atoms with Crippen LogP contribution in [0.25, 0.3) is 0 Å². The molecule has 2 aliphatic carbocycles. The molecule has 1 N–H and O–H groups in total. The fourth-order valence-corrected chi connectivity index (χ4v) is 4.40. The maximum absolute atomic E-state index is 10.2. The molecule has 4 unspecified atom stereocenters. The summed E-state index contributed by atoms with van der Waals surface area (Å²) in [7, 11) is 0. The summed E-state index contributed by atoms with van der Waals surface area (Å²) in [5.41, 5.74) is 4.01. The Bertz CT molecular complexity index is 462. The Morgan fingerprint density at radius 2 is 2.00 bits per heavy atom. The van der Waals surface area contributed by atoms with Gasteiger partial charge in [0, 0.05) is 23.0 Å². The number of aliphatic hydroxyl groups is 1. The summed E-state index contributed by atoms with van der Waals surface area (Å²) in [6, 6.07) is 2.90. The standard InChI is InChI=1S/C17H27NO/c1-11-7-8-15(12(2)9-11)18-13(3)10-14-16(18)5-4-6-17(14)19/h10-12,15,17,19H,4-9H2,1-3H3. The average molecular weight is 261 g/mol. The lowest BCUT2D eigenvalue weighted by atomic mass is 9.79. The van der Waals surface area contributed by atoms with Crippen molar-refractivity contribution in [1.29, 1.82) is 0 Å². The molecule has 0 radical (unpaired) electrons. The van der Waals surface area contributed by atoms with Crippen LogP contribution in [-0.2, 0) is 6.42 Å². The Labute approximate surface area is 116 Å². The Hall–Kier alpha value is -0.760. The van der Waals surface area contributed by atoms with Crippen LogP contribution in [-0.4, -0.2) is 9.67 Å². The van der Waals surface area contributed by atoms with E-state index in [2.05, 4.69) is 31.4 Å². The van der Waals surface area contributed by atoms with Crippen molar-refractivity contribution in [3.05, 3.63) is 23.0 Å². The Morgan fingerprint density at radius 3 is 2.74 bits per heavy atom. The molecule has 106 valence electrons. The minimum atomic E-state index is -0.221. The maximum atomic E-state index is 10.2. The van der Waals surface area contributed by atoms with Crippen LogP contribution in [0.3, 0.4) is 0 Å². The van der Waals surface area contributed by atoms with Gasteiger partial charge in [-0.1, -0.05) is 13.8 Å². The third-order valence-electron chi connectivity index (χ3n) is 5.34. The monoisotopic (exact) mass is 261 g/mol. The van der Waals surface area contributed by atoms with Gasteiger partial charge in [-0.15, -0.1) is 0 Å². The zero-order chi connectivity index (χ0) is 13.6. The van der Waals surface area contributed by atoms with Gasteiger partial charge in [-0.3, -0.25) is 0 Å². The summed E-state index contributed by atoms with van der Waals surface area (Å²) >= 11 is 0. The van der Waals surface area contributed by atoms with Gasteiger partial charge in [0.05, 0.1) is 6.10 Å². The normalized spacial score (nSPS) is 35.2. The molecule has 19 heavy (non-hydrogen) atoms. The van der Waals surface area contributed by atoms with Crippen molar-refractivity contribution in [2.24, 2.45) is 11.8 Å². The number of fused-ring (bicyclic) bond motifs is 1. The molecular weight excluding hydrogens is 234 g/mol. The summed E-state index contributed by atoms with van der Waals surface area (Å²) in [5.74, 6) is 1.64. The number of aryl methyl sites for hydroxylation is 1. The summed E-state index contributed by atoms with van der Waals surface area (Å²) in [5, 5.41) is 10.2. The lowest BCUT2D eigenvalue weighted by Crippen LogP contribution is -2.27. The summed E-state index contributed by atoms with van der Waals surface area (Å²) in [6.45, 7) is 7.01. The van der Waals surface area contributed by atoms with Crippen LogP contribution in [0.1, 0.15) is 75.0 Å². The van der Waals surface area contributed by atoms with Crippen molar-refractivity contribution in [3.63, 3.8) is 0 Å². The first-order valence-corrected chi connectivity index (χ1v) is 7.96. The highest BCUT2D eigenvalue weighted by Crippen LogP contribution is 2.41.